The number of ether oxygens (including phenoxy) is 1. The van der Waals surface area contributed by atoms with Crippen LogP contribution in [0, 0.1) is 0 Å². The van der Waals surface area contributed by atoms with Crippen LogP contribution in [-0.2, 0) is 13.0 Å². The average molecular weight is 326 g/mol. The smallest absolute Gasteiger partial charge is 0.226 e. The minimum absolute atomic E-state index is 0.107. The van der Waals surface area contributed by atoms with Crippen molar-refractivity contribution in [3.63, 3.8) is 0 Å². The predicted octanol–water partition coefficient (Wildman–Crippen LogP) is 2.99. The van der Waals surface area contributed by atoms with Crippen LogP contribution in [0.1, 0.15) is 37.2 Å². The Morgan fingerprint density at radius 2 is 2.26 bits per heavy atom. The number of nitrogens with two attached hydrogens (primary N) is 1. The summed E-state index contributed by atoms with van der Waals surface area (Å²) in [4.78, 5) is 4.19. The number of hydrogen-bond acceptors (Lipinski definition) is 5. The van der Waals surface area contributed by atoms with E-state index >= 15 is 0 Å². The van der Waals surface area contributed by atoms with Crippen molar-refractivity contribution in [1.82, 2.24) is 10.1 Å². The van der Waals surface area contributed by atoms with Crippen LogP contribution in [0.2, 0.25) is 0 Å². The second-order valence-electron chi connectivity index (χ2n) is 4.22. The molecule has 0 amide bonds. The van der Waals surface area contributed by atoms with E-state index in [4.69, 9.17) is 15.0 Å². The fraction of sp³-hybridized carbons (Fsp3) is 0.385. The van der Waals surface area contributed by atoms with Crippen molar-refractivity contribution in [2.75, 3.05) is 0 Å². The molecule has 0 aliphatic rings. The molecule has 0 saturated carbocycles. The Balaban J connectivity index is 2.10. The van der Waals surface area contributed by atoms with Gasteiger partial charge in [0.15, 0.2) is 6.61 Å². The molecular weight excluding hydrogens is 310 g/mol. The minimum atomic E-state index is -0.107. The van der Waals surface area contributed by atoms with Crippen molar-refractivity contribution in [3.05, 3.63) is 40.0 Å². The summed E-state index contributed by atoms with van der Waals surface area (Å²) in [6, 6.07) is 5.63. The molecule has 2 rings (SSSR count). The molecule has 1 heterocycles. The standard InChI is InChI=1S/C13H16BrN3O2/c1-3-13-16-12(17-19-13)7-18-11-5-4-9(14)6-10(11)8(2)15/h4-6,8H,3,7,15H2,1-2H3/t8-/m1/s1. The third-order valence-corrected chi connectivity index (χ3v) is 3.13. The third-order valence-electron chi connectivity index (χ3n) is 2.63. The van der Waals surface area contributed by atoms with Crippen molar-refractivity contribution in [2.24, 2.45) is 5.73 Å². The number of aryl methyl sites for hydroxylation is 1. The highest BCUT2D eigenvalue weighted by Crippen LogP contribution is 2.27. The normalized spacial score (nSPS) is 12.4. The van der Waals surface area contributed by atoms with E-state index in [-0.39, 0.29) is 12.6 Å². The summed E-state index contributed by atoms with van der Waals surface area (Å²) < 4.78 is 11.7. The third kappa shape index (κ3) is 3.54. The van der Waals surface area contributed by atoms with Gasteiger partial charge in [-0.3, -0.25) is 0 Å². The van der Waals surface area contributed by atoms with Gasteiger partial charge in [-0.05, 0) is 25.1 Å². The van der Waals surface area contributed by atoms with Gasteiger partial charge >= 0.3 is 0 Å². The summed E-state index contributed by atoms with van der Waals surface area (Å²) in [7, 11) is 0. The van der Waals surface area contributed by atoms with Crippen LogP contribution in [0.4, 0.5) is 0 Å². The fourth-order valence-electron chi connectivity index (χ4n) is 1.64. The van der Waals surface area contributed by atoms with E-state index in [2.05, 4.69) is 26.1 Å². The van der Waals surface area contributed by atoms with Gasteiger partial charge in [0.2, 0.25) is 11.7 Å². The molecule has 0 saturated heterocycles. The van der Waals surface area contributed by atoms with E-state index in [1.165, 1.54) is 0 Å². The molecule has 2 N–H and O–H groups in total. The van der Waals surface area contributed by atoms with E-state index in [0.29, 0.717) is 11.7 Å². The van der Waals surface area contributed by atoms with Gasteiger partial charge < -0.3 is 15.0 Å². The summed E-state index contributed by atoms with van der Waals surface area (Å²) in [5, 5.41) is 3.84. The second kappa shape index (κ2) is 6.16. The molecule has 0 bridgehead atoms. The Hall–Kier alpha value is -1.40. The molecule has 19 heavy (non-hydrogen) atoms. The van der Waals surface area contributed by atoms with Crippen LogP contribution in [0.3, 0.4) is 0 Å². The number of aromatic nitrogens is 2. The van der Waals surface area contributed by atoms with Gasteiger partial charge in [0.1, 0.15) is 5.75 Å². The maximum Gasteiger partial charge on any atom is 0.226 e. The summed E-state index contributed by atoms with van der Waals surface area (Å²) in [5.41, 5.74) is 6.87. The minimum Gasteiger partial charge on any atom is -0.485 e. The fourth-order valence-corrected chi connectivity index (χ4v) is 2.02. The van der Waals surface area contributed by atoms with Crippen molar-refractivity contribution in [3.8, 4) is 5.75 Å². The number of hydrogen-bond donors (Lipinski definition) is 1. The van der Waals surface area contributed by atoms with Gasteiger partial charge in [-0.2, -0.15) is 4.98 Å². The highest BCUT2D eigenvalue weighted by Gasteiger charge is 2.11. The maximum absolute atomic E-state index is 5.93. The van der Waals surface area contributed by atoms with Gasteiger partial charge in [-0.15, -0.1) is 0 Å². The molecule has 0 fully saturated rings. The molecule has 0 aliphatic carbocycles. The van der Waals surface area contributed by atoms with Crippen molar-refractivity contribution in [2.45, 2.75) is 32.9 Å². The molecule has 6 heteroatoms. The first kappa shape index (κ1) is 14.0. The van der Waals surface area contributed by atoms with Crippen LogP contribution < -0.4 is 10.5 Å². The highest BCUT2D eigenvalue weighted by molar-refractivity contribution is 9.10. The molecular formula is C13H16BrN3O2. The Labute approximate surface area is 120 Å². The summed E-state index contributed by atoms with van der Waals surface area (Å²) >= 11 is 3.42. The molecule has 1 aromatic heterocycles. The predicted molar refractivity (Wildman–Crippen MR) is 74.8 cm³/mol. The monoisotopic (exact) mass is 325 g/mol. The summed E-state index contributed by atoms with van der Waals surface area (Å²) in [6.45, 7) is 4.14. The van der Waals surface area contributed by atoms with E-state index < -0.39 is 0 Å². The van der Waals surface area contributed by atoms with Gasteiger partial charge in [0, 0.05) is 22.5 Å². The zero-order valence-corrected chi connectivity index (χ0v) is 12.5. The highest BCUT2D eigenvalue weighted by atomic mass is 79.9. The number of benzene rings is 1. The van der Waals surface area contributed by atoms with E-state index in [9.17, 15) is 0 Å². The molecule has 0 aliphatic heterocycles. The maximum atomic E-state index is 5.93. The summed E-state index contributed by atoms with van der Waals surface area (Å²) in [6.07, 6.45) is 0.719. The van der Waals surface area contributed by atoms with Crippen molar-refractivity contribution >= 4 is 15.9 Å². The second-order valence-corrected chi connectivity index (χ2v) is 5.13. The largest absolute Gasteiger partial charge is 0.485 e. The Morgan fingerprint density at radius 1 is 1.47 bits per heavy atom. The number of rotatable bonds is 5. The Bertz CT molecular complexity index is 555. The van der Waals surface area contributed by atoms with Crippen LogP contribution in [0.15, 0.2) is 27.2 Å². The number of halogens is 1. The van der Waals surface area contributed by atoms with Crippen LogP contribution in [0.25, 0.3) is 0 Å². The lowest BCUT2D eigenvalue weighted by atomic mass is 10.1. The van der Waals surface area contributed by atoms with Crippen LogP contribution in [-0.4, -0.2) is 10.1 Å². The zero-order valence-electron chi connectivity index (χ0n) is 10.9. The van der Waals surface area contributed by atoms with E-state index in [1.54, 1.807) is 0 Å². The lowest BCUT2D eigenvalue weighted by molar-refractivity contribution is 0.281. The first-order valence-corrected chi connectivity index (χ1v) is 6.88. The first-order valence-electron chi connectivity index (χ1n) is 6.09. The SMILES string of the molecule is CCc1nc(COc2ccc(Br)cc2[C@@H](C)N)no1. The van der Waals surface area contributed by atoms with Crippen LogP contribution in [0.5, 0.6) is 5.75 Å². The molecule has 0 radical (unpaired) electrons. The number of nitrogens with zero attached hydrogens (tertiary/aromatic N) is 2. The quantitative estimate of drug-likeness (QED) is 0.914. The molecule has 0 unspecified atom stereocenters. The Kier molecular flexibility index (Phi) is 4.55. The van der Waals surface area contributed by atoms with E-state index in [1.807, 2.05) is 32.0 Å². The van der Waals surface area contributed by atoms with Gasteiger partial charge in [0.05, 0.1) is 0 Å². The molecule has 1 aromatic carbocycles. The molecule has 1 atom stereocenters. The van der Waals surface area contributed by atoms with E-state index in [0.717, 1.165) is 22.2 Å². The van der Waals surface area contributed by atoms with Crippen molar-refractivity contribution in [1.29, 1.82) is 0 Å². The van der Waals surface area contributed by atoms with Gasteiger partial charge in [-0.25, -0.2) is 0 Å². The lowest BCUT2D eigenvalue weighted by Crippen LogP contribution is -2.08. The zero-order chi connectivity index (χ0) is 13.8. The molecule has 0 spiro atoms. The van der Waals surface area contributed by atoms with Gasteiger partial charge in [-0.1, -0.05) is 28.0 Å². The van der Waals surface area contributed by atoms with Crippen molar-refractivity contribution < 1.29 is 9.26 Å². The first-order chi connectivity index (χ1) is 9.10. The Morgan fingerprint density at radius 3 is 2.89 bits per heavy atom. The van der Waals surface area contributed by atoms with Crippen LogP contribution >= 0.6 is 15.9 Å². The molecule has 102 valence electrons. The molecule has 5 nitrogen and oxygen atoms in total. The van der Waals surface area contributed by atoms with Gasteiger partial charge in [0.25, 0.3) is 0 Å². The molecule has 2 aromatic rings. The average Bonchev–Trinajstić information content (AvgIpc) is 2.85. The topological polar surface area (TPSA) is 74.2 Å². The lowest BCUT2D eigenvalue weighted by Gasteiger charge is -2.13. The summed E-state index contributed by atoms with van der Waals surface area (Å²) in [5.74, 6) is 1.89.